The molecule has 11 heavy (non-hydrogen) atoms. The third-order valence-corrected chi connectivity index (χ3v) is 1.20. The molecule has 0 bridgehead atoms. The molecule has 1 aromatic heterocycles. The third-order valence-electron chi connectivity index (χ3n) is 1.20. The number of hydrogen-bond acceptors (Lipinski definition) is 2. The van der Waals surface area contributed by atoms with Crippen LogP contribution in [0, 0.1) is 0 Å². The monoisotopic (exact) mass is 151 g/mol. The van der Waals surface area contributed by atoms with E-state index in [2.05, 4.69) is 4.98 Å². The van der Waals surface area contributed by atoms with E-state index in [0.29, 0.717) is 0 Å². The molecule has 0 unspecified atom stereocenters. The van der Waals surface area contributed by atoms with Crippen molar-refractivity contribution in [1.29, 1.82) is 0 Å². The van der Waals surface area contributed by atoms with Crippen molar-refractivity contribution < 1.29 is 4.74 Å². The summed E-state index contributed by atoms with van der Waals surface area (Å²) in [7, 11) is 1.57. The maximum Gasteiger partial charge on any atom is 0.247 e. The molecule has 0 aromatic carbocycles. The number of rotatable bonds is 2. The van der Waals surface area contributed by atoms with Gasteiger partial charge in [0.05, 0.1) is 13.4 Å². The summed E-state index contributed by atoms with van der Waals surface area (Å²) in [5.41, 5.74) is 0.811. The van der Waals surface area contributed by atoms with E-state index in [0.717, 1.165) is 5.56 Å². The summed E-state index contributed by atoms with van der Waals surface area (Å²) in [5.74, 6) is 0. The van der Waals surface area contributed by atoms with Crippen molar-refractivity contribution in [3.63, 3.8) is 0 Å². The molecule has 0 amide bonds. The summed E-state index contributed by atoms with van der Waals surface area (Å²) in [6.07, 6.45) is 4.93. The van der Waals surface area contributed by atoms with Gasteiger partial charge in [-0.15, -0.1) is 0 Å². The quantitative estimate of drug-likeness (QED) is 0.640. The molecular formula is C8H9NO2. The van der Waals surface area contributed by atoms with Crippen LogP contribution in [0.3, 0.4) is 0 Å². The topological polar surface area (TPSA) is 42.1 Å². The Labute approximate surface area is 64.3 Å². The molecule has 1 rings (SSSR count). The highest BCUT2D eigenvalue weighted by atomic mass is 16.5. The summed E-state index contributed by atoms with van der Waals surface area (Å²) in [6.45, 7) is 0. The molecule has 0 fully saturated rings. The molecule has 0 aliphatic heterocycles. The molecule has 0 saturated heterocycles. The van der Waals surface area contributed by atoms with Crippen molar-refractivity contribution in [2.24, 2.45) is 0 Å². The number of ether oxygens (including phenoxy) is 1. The molecule has 0 atom stereocenters. The van der Waals surface area contributed by atoms with Crippen LogP contribution < -0.4 is 5.56 Å². The van der Waals surface area contributed by atoms with E-state index >= 15 is 0 Å². The molecule has 1 heterocycles. The van der Waals surface area contributed by atoms with Gasteiger partial charge in [0, 0.05) is 12.3 Å². The molecule has 0 saturated carbocycles. The fourth-order valence-corrected chi connectivity index (χ4v) is 0.673. The molecule has 0 aliphatic rings. The van der Waals surface area contributed by atoms with Crippen molar-refractivity contribution in [2.75, 3.05) is 7.11 Å². The zero-order chi connectivity index (χ0) is 8.10. The molecular weight excluding hydrogens is 142 g/mol. The average Bonchev–Trinajstić information content (AvgIpc) is 2.04. The molecule has 1 N–H and O–H groups in total. The lowest BCUT2D eigenvalue weighted by Gasteiger charge is -1.89. The summed E-state index contributed by atoms with van der Waals surface area (Å²) >= 11 is 0. The second-order valence-corrected chi connectivity index (χ2v) is 2.02. The van der Waals surface area contributed by atoms with Crippen LogP contribution in [0.1, 0.15) is 5.56 Å². The minimum absolute atomic E-state index is 0.0976. The van der Waals surface area contributed by atoms with Crippen LogP contribution in [0.5, 0.6) is 0 Å². The Morgan fingerprint density at radius 1 is 1.55 bits per heavy atom. The number of pyridine rings is 1. The lowest BCUT2D eigenvalue weighted by molar-refractivity contribution is 0.341. The predicted octanol–water partition coefficient (Wildman–Crippen LogP) is 0.992. The summed E-state index contributed by atoms with van der Waals surface area (Å²) < 4.78 is 4.70. The highest BCUT2D eigenvalue weighted by Gasteiger charge is 1.84. The van der Waals surface area contributed by atoms with Crippen LogP contribution in [-0.2, 0) is 4.74 Å². The fraction of sp³-hybridized carbons (Fsp3) is 0.125. The van der Waals surface area contributed by atoms with E-state index in [1.165, 1.54) is 6.07 Å². The Bertz CT molecular complexity index is 281. The van der Waals surface area contributed by atoms with E-state index in [-0.39, 0.29) is 5.56 Å². The summed E-state index contributed by atoms with van der Waals surface area (Å²) in [4.78, 5) is 13.1. The van der Waals surface area contributed by atoms with Crippen LogP contribution >= 0.6 is 0 Å². The van der Waals surface area contributed by atoms with Crippen LogP contribution in [0.4, 0.5) is 0 Å². The minimum atomic E-state index is -0.0976. The molecule has 0 spiro atoms. The van der Waals surface area contributed by atoms with Gasteiger partial charge in [-0.1, -0.05) is 0 Å². The van der Waals surface area contributed by atoms with Crippen molar-refractivity contribution in [1.82, 2.24) is 4.98 Å². The van der Waals surface area contributed by atoms with Gasteiger partial charge in [0.25, 0.3) is 0 Å². The normalized spacial score (nSPS) is 10.3. The maximum atomic E-state index is 10.6. The Kier molecular flexibility index (Phi) is 2.49. The average molecular weight is 151 g/mol. The number of aromatic nitrogens is 1. The van der Waals surface area contributed by atoms with Crippen molar-refractivity contribution in [3.05, 3.63) is 40.5 Å². The SMILES string of the molecule is COC=Cc1ccc(=O)[nH]c1. The first-order chi connectivity index (χ1) is 5.33. The number of hydrogen-bond donors (Lipinski definition) is 1. The number of methoxy groups -OCH3 is 1. The maximum absolute atomic E-state index is 10.6. The zero-order valence-corrected chi connectivity index (χ0v) is 6.20. The Morgan fingerprint density at radius 3 is 2.91 bits per heavy atom. The molecule has 0 aliphatic carbocycles. The smallest absolute Gasteiger partial charge is 0.247 e. The Balaban J connectivity index is 2.82. The minimum Gasteiger partial charge on any atom is -0.504 e. The van der Waals surface area contributed by atoms with Gasteiger partial charge in [-0.2, -0.15) is 0 Å². The highest BCUT2D eigenvalue weighted by molar-refractivity contribution is 5.45. The zero-order valence-electron chi connectivity index (χ0n) is 6.20. The van der Waals surface area contributed by atoms with Gasteiger partial charge >= 0.3 is 0 Å². The van der Waals surface area contributed by atoms with Gasteiger partial charge in [0.15, 0.2) is 0 Å². The molecule has 58 valence electrons. The summed E-state index contributed by atoms with van der Waals surface area (Å²) in [5, 5.41) is 0. The first-order valence-corrected chi connectivity index (χ1v) is 3.21. The molecule has 3 heteroatoms. The second kappa shape index (κ2) is 3.61. The van der Waals surface area contributed by atoms with Gasteiger partial charge in [0.1, 0.15) is 0 Å². The van der Waals surface area contributed by atoms with Crippen molar-refractivity contribution in [2.45, 2.75) is 0 Å². The lowest BCUT2D eigenvalue weighted by atomic mass is 10.3. The lowest BCUT2D eigenvalue weighted by Crippen LogP contribution is -2.01. The van der Waals surface area contributed by atoms with Crippen molar-refractivity contribution >= 4 is 6.08 Å². The molecule has 0 radical (unpaired) electrons. The number of aromatic amines is 1. The van der Waals surface area contributed by atoms with Gasteiger partial charge in [-0.05, 0) is 17.7 Å². The molecule has 1 aromatic rings. The van der Waals surface area contributed by atoms with E-state index < -0.39 is 0 Å². The second-order valence-electron chi connectivity index (χ2n) is 2.02. The van der Waals surface area contributed by atoms with E-state index in [1.807, 2.05) is 0 Å². The Morgan fingerprint density at radius 2 is 2.36 bits per heavy atom. The Hall–Kier alpha value is -1.51. The predicted molar refractivity (Wildman–Crippen MR) is 43.1 cm³/mol. The first kappa shape index (κ1) is 7.60. The van der Waals surface area contributed by atoms with E-state index in [4.69, 9.17) is 4.74 Å². The number of nitrogens with one attached hydrogen (secondary N) is 1. The third kappa shape index (κ3) is 2.29. The standard InChI is InChI=1S/C8H9NO2/c1-11-5-4-7-2-3-8(10)9-6-7/h2-6H,1H3,(H,9,10). The van der Waals surface area contributed by atoms with Gasteiger partial charge < -0.3 is 9.72 Å². The van der Waals surface area contributed by atoms with Gasteiger partial charge in [0.2, 0.25) is 5.56 Å². The molecule has 3 nitrogen and oxygen atoms in total. The largest absolute Gasteiger partial charge is 0.504 e. The van der Waals surface area contributed by atoms with Crippen LogP contribution in [0.15, 0.2) is 29.4 Å². The fourth-order valence-electron chi connectivity index (χ4n) is 0.673. The number of H-pyrrole nitrogens is 1. The van der Waals surface area contributed by atoms with Gasteiger partial charge in [-0.25, -0.2) is 0 Å². The van der Waals surface area contributed by atoms with Crippen LogP contribution in [-0.4, -0.2) is 12.1 Å². The summed E-state index contributed by atoms with van der Waals surface area (Å²) in [6, 6.07) is 3.18. The highest BCUT2D eigenvalue weighted by Crippen LogP contribution is 1.95. The first-order valence-electron chi connectivity index (χ1n) is 3.21. The van der Waals surface area contributed by atoms with Gasteiger partial charge in [-0.3, -0.25) is 4.79 Å². The van der Waals surface area contributed by atoms with Crippen LogP contribution in [0.2, 0.25) is 0 Å². The van der Waals surface area contributed by atoms with Crippen LogP contribution in [0.25, 0.3) is 6.08 Å². The van der Waals surface area contributed by atoms with E-state index in [9.17, 15) is 4.79 Å². The van der Waals surface area contributed by atoms with E-state index in [1.54, 1.807) is 31.7 Å². The van der Waals surface area contributed by atoms with Crippen molar-refractivity contribution in [3.8, 4) is 0 Å².